The zero-order chi connectivity index (χ0) is 29.7. The number of methoxy groups -OCH3 is 2. The Morgan fingerprint density at radius 3 is 2.46 bits per heavy atom. The third-order valence-electron chi connectivity index (χ3n) is 5.89. The summed E-state index contributed by atoms with van der Waals surface area (Å²) in [7, 11) is 2.53. The van der Waals surface area contributed by atoms with Crippen LogP contribution in [0.2, 0.25) is 5.02 Å². The van der Waals surface area contributed by atoms with E-state index in [1.54, 1.807) is 36.4 Å². The quantitative estimate of drug-likeness (QED) is 0.301. The minimum absolute atomic E-state index is 0.191. The first-order chi connectivity index (χ1) is 19.7. The smallest absolute Gasteiger partial charge is 0.343 e. The number of thiazole rings is 1. The summed E-state index contributed by atoms with van der Waals surface area (Å²) in [6, 6.07) is 7.77. The Morgan fingerprint density at radius 1 is 1.07 bits per heavy atom. The van der Waals surface area contributed by atoms with Crippen molar-refractivity contribution in [2.24, 2.45) is 4.99 Å². The number of aromatic nitrogens is 1. The molecule has 10 nitrogen and oxygen atoms in total. The number of fused-ring (bicyclic) bond motifs is 1. The van der Waals surface area contributed by atoms with Gasteiger partial charge in [0.2, 0.25) is 0 Å². The Balaban J connectivity index is 1.82. The number of esters is 2. The van der Waals surface area contributed by atoms with Gasteiger partial charge in [0.05, 0.1) is 53.1 Å². The van der Waals surface area contributed by atoms with E-state index in [0.717, 1.165) is 11.3 Å². The van der Waals surface area contributed by atoms with Crippen molar-refractivity contribution in [3.05, 3.63) is 82.4 Å². The SMILES string of the molecule is CCOc1ccc([C@@H]2C(C(=O)OC)=CN=c3s/c(=C\c4cc(Cl)c(OCC(=O)OC)c(Br)c4)c(=O)n32)cc1OCC. The minimum Gasteiger partial charge on any atom is -0.490 e. The molecule has 0 radical (unpaired) electrons. The van der Waals surface area contributed by atoms with E-state index in [9.17, 15) is 14.4 Å². The fourth-order valence-electron chi connectivity index (χ4n) is 4.13. The number of hydrogen-bond donors (Lipinski definition) is 0. The van der Waals surface area contributed by atoms with E-state index >= 15 is 0 Å². The van der Waals surface area contributed by atoms with Crippen molar-refractivity contribution in [1.82, 2.24) is 4.57 Å². The van der Waals surface area contributed by atoms with Crippen molar-refractivity contribution < 1.29 is 33.3 Å². The van der Waals surface area contributed by atoms with Crippen LogP contribution >= 0.6 is 38.9 Å². The predicted molar refractivity (Wildman–Crippen MR) is 157 cm³/mol. The lowest BCUT2D eigenvalue weighted by molar-refractivity contribution is -0.143. The first kappa shape index (κ1) is 30.4. The second-order valence-electron chi connectivity index (χ2n) is 8.43. The highest BCUT2D eigenvalue weighted by molar-refractivity contribution is 9.10. The largest absolute Gasteiger partial charge is 0.490 e. The lowest BCUT2D eigenvalue weighted by atomic mass is 9.97. The summed E-state index contributed by atoms with van der Waals surface area (Å²) >= 11 is 11.0. The lowest BCUT2D eigenvalue weighted by Crippen LogP contribution is -2.39. The first-order valence-electron chi connectivity index (χ1n) is 12.4. The molecule has 3 aromatic rings. The number of rotatable bonds is 10. The number of nitrogens with zero attached hydrogens (tertiary/aromatic N) is 2. The molecular formula is C28H26BrClN2O8S. The maximum Gasteiger partial charge on any atom is 0.343 e. The monoisotopic (exact) mass is 664 g/mol. The molecule has 0 N–H and O–H groups in total. The topological polar surface area (TPSA) is 115 Å². The number of benzene rings is 2. The molecule has 0 fully saturated rings. The third kappa shape index (κ3) is 6.50. The van der Waals surface area contributed by atoms with Crippen LogP contribution in [0, 0.1) is 0 Å². The molecule has 1 atom stereocenters. The maximum absolute atomic E-state index is 13.8. The van der Waals surface area contributed by atoms with Gasteiger partial charge in [-0.1, -0.05) is 29.0 Å². The van der Waals surface area contributed by atoms with Crippen molar-refractivity contribution in [3.63, 3.8) is 0 Å². The van der Waals surface area contributed by atoms with E-state index in [2.05, 4.69) is 25.7 Å². The van der Waals surface area contributed by atoms with Crippen molar-refractivity contribution in [1.29, 1.82) is 0 Å². The molecule has 1 aromatic heterocycles. The van der Waals surface area contributed by atoms with Crippen LogP contribution in [-0.4, -0.2) is 50.5 Å². The zero-order valence-electron chi connectivity index (χ0n) is 22.6. The molecule has 1 aliphatic rings. The minimum atomic E-state index is -0.819. The molecule has 2 aromatic carbocycles. The number of halogens is 2. The van der Waals surface area contributed by atoms with Gasteiger partial charge in [0.25, 0.3) is 5.56 Å². The molecule has 41 heavy (non-hydrogen) atoms. The molecule has 0 aliphatic carbocycles. The van der Waals surface area contributed by atoms with Gasteiger partial charge in [-0.3, -0.25) is 9.36 Å². The Bertz CT molecular complexity index is 1670. The number of hydrogen-bond acceptors (Lipinski definition) is 10. The highest BCUT2D eigenvalue weighted by Crippen LogP contribution is 2.36. The molecule has 1 aliphatic heterocycles. The van der Waals surface area contributed by atoms with E-state index < -0.39 is 18.0 Å². The van der Waals surface area contributed by atoms with Gasteiger partial charge in [0, 0.05) is 6.20 Å². The molecule has 13 heteroatoms. The summed E-state index contributed by atoms with van der Waals surface area (Å²) in [4.78, 5) is 42.8. The Kier molecular flexibility index (Phi) is 9.90. The molecule has 0 amide bonds. The van der Waals surface area contributed by atoms with Crippen molar-refractivity contribution in [2.75, 3.05) is 34.0 Å². The molecular weight excluding hydrogens is 640 g/mol. The number of ether oxygens (including phenoxy) is 5. The molecule has 4 rings (SSSR count). The van der Waals surface area contributed by atoms with Gasteiger partial charge in [-0.15, -0.1) is 0 Å². The second-order valence-corrected chi connectivity index (χ2v) is 10.7. The van der Waals surface area contributed by atoms with E-state index in [0.29, 0.717) is 49.6 Å². The third-order valence-corrected chi connectivity index (χ3v) is 7.76. The van der Waals surface area contributed by atoms with E-state index in [1.165, 1.54) is 25.0 Å². The summed E-state index contributed by atoms with van der Waals surface area (Å²) in [5.74, 6) is 0.136. The van der Waals surface area contributed by atoms with E-state index in [4.69, 9.17) is 30.5 Å². The van der Waals surface area contributed by atoms with Gasteiger partial charge >= 0.3 is 11.9 Å². The van der Waals surface area contributed by atoms with Crippen molar-refractivity contribution >= 4 is 56.9 Å². The van der Waals surface area contributed by atoms with Gasteiger partial charge in [0.15, 0.2) is 28.7 Å². The van der Waals surface area contributed by atoms with Crippen LogP contribution in [-0.2, 0) is 19.1 Å². The molecule has 0 unspecified atom stereocenters. The Morgan fingerprint density at radius 2 is 1.80 bits per heavy atom. The van der Waals surface area contributed by atoms with Crippen molar-refractivity contribution in [2.45, 2.75) is 19.9 Å². The first-order valence-corrected chi connectivity index (χ1v) is 14.4. The normalized spacial score (nSPS) is 14.4. The predicted octanol–water partition coefficient (Wildman–Crippen LogP) is 3.78. The molecule has 0 bridgehead atoms. The van der Waals surface area contributed by atoms with E-state index in [1.807, 2.05) is 13.8 Å². The van der Waals surface area contributed by atoms with Gasteiger partial charge in [-0.25, -0.2) is 14.6 Å². The van der Waals surface area contributed by atoms with Gasteiger partial charge in [0.1, 0.15) is 0 Å². The number of carbonyl (C=O) groups excluding carboxylic acids is 2. The van der Waals surface area contributed by atoms with Crippen LogP contribution in [0.4, 0.5) is 0 Å². The molecule has 0 saturated carbocycles. The van der Waals surface area contributed by atoms with Crippen LogP contribution in [0.3, 0.4) is 0 Å². The van der Waals surface area contributed by atoms with Crippen LogP contribution in [0.25, 0.3) is 6.08 Å². The van der Waals surface area contributed by atoms with Crippen LogP contribution < -0.4 is 29.1 Å². The highest BCUT2D eigenvalue weighted by Gasteiger charge is 2.31. The van der Waals surface area contributed by atoms with Crippen molar-refractivity contribution in [3.8, 4) is 17.2 Å². The standard InChI is InChI=1S/C28H26BrClN2O8S/c1-5-38-20-8-7-16(12-21(20)39-6-2)24-17(27(35)37-4)13-31-28-32(24)26(34)22(41-28)11-15-9-18(29)25(19(30)10-15)40-14-23(33)36-3/h7-13,24H,5-6,14H2,1-4H3/b22-11-/t24-/m1/s1. The molecule has 0 saturated heterocycles. The highest BCUT2D eigenvalue weighted by atomic mass is 79.9. The van der Waals surface area contributed by atoms with Gasteiger partial charge in [-0.05, 0) is 71.2 Å². The fraction of sp³-hybridized carbons (Fsp3) is 0.286. The molecule has 216 valence electrons. The molecule has 2 heterocycles. The summed E-state index contributed by atoms with van der Waals surface area (Å²) < 4.78 is 28.8. The maximum atomic E-state index is 13.8. The van der Waals surface area contributed by atoms with Crippen LogP contribution in [0.5, 0.6) is 17.2 Å². The van der Waals surface area contributed by atoms with E-state index in [-0.39, 0.29) is 28.5 Å². The Labute approximate surface area is 252 Å². The summed E-state index contributed by atoms with van der Waals surface area (Å²) in [6.07, 6.45) is 3.08. The van der Waals surface area contributed by atoms with Crippen LogP contribution in [0.15, 0.2) is 56.4 Å². The second kappa shape index (κ2) is 13.4. The van der Waals surface area contributed by atoms with Gasteiger partial charge < -0.3 is 23.7 Å². The molecule has 0 spiro atoms. The average Bonchev–Trinajstić information content (AvgIpc) is 3.27. The lowest BCUT2D eigenvalue weighted by Gasteiger charge is -2.23. The van der Waals surface area contributed by atoms with Crippen LogP contribution in [0.1, 0.15) is 31.0 Å². The summed E-state index contributed by atoms with van der Waals surface area (Å²) in [5, 5.41) is 0.228. The van der Waals surface area contributed by atoms with Gasteiger partial charge in [-0.2, -0.15) is 0 Å². The summed E-state index contributed by atoms with van der Waals surface area (Å²) in [6.45, 7) is 4.26. The fourth-order valence-corrected chi connectivity index (χ4v) is 6.09. The average molecular weight is 666 g/mol. The zero-order valence-corrected chi connectivity index (χ0v) is 25.7. The summed E-state index contributed by atoms with van der Waals surface area (Å²) in [5.41, 5.74) is 1.05. The number of carbonyl (C=O) groups is 2. The Hall–Kier alpha value is -3.61.